The number of imidazole rings is 1. The van der Waals surface area contributed by atoms with E-state index >= 15 is 0 Å². The van der Waals surface area contributed by atoms with Gasteiger partial charge in [-0.05, 0) is 44.4 Å². The Morgan fingerprint density at radius 3 is 2.96 bits per heavy atom. The summed E-state index contributed by atoms with van der Waals surface area (Å²) in [6, 6.07) is 4.06. The molecule has 8 heteroatoms. The fraction of sp³-hybridized carbons (Fsp3) is 0.333. The van der Waals surface area contributed by atoms with Crippen LogP contribution in [-0.4, -0.2) is 37.3 Å². The van der Waals surface area contributed by atoms with Crippen LogP contribution in [0.3, 0.4) is 0 Å². The summed E-state index contributed by atoms with van der Waals surface area (Å²) in [4.78, 5) is 41.0. The molecule has 1 unspecified atom stereocenters. The summed E-state index contributed by atoms with van der Waals surface area (Å²) in [5.74, 6) is 0.354. The fourth-order valence-corrected chi connectivity index (χ4v) is 3.41. The van der Waals surface area contributed by atoms with Gasteiger partial charge in [0.2, 0.25) is 0 Å². The topological polar surface area (TPSA) is 94.7 Å². The second kappa shape index (κ2) is 6.36. The van der Waals surface area contributed by atoms with E-state index in [-0.39, 0.29) is 23.3 Å². The average Bonchev–Trinajstić information content (AvgIpc) is 3.04. The number of H-pyrrole nitrogens is 2. The molecule has 0 bridgehead atoms. The largest absolute Gasteiger partial charge is 0.340 e. The second-order valence-electron chi connectivity index (χ2n) is 6.51. The molecule has 2 aromatic heterocycles. The summed E-state index contributed by atoms with van der Waals surface area (Å²) in [5, 5.41) is 0. The number of aromatic nitrogens is 4. The Hall–Kier alpha value is -3.03. The Morgan fingerprint density at radius 1 is 1.31 bits per heavy atom. The lowest BCUT2D eigenvalue weighted by molar-refractivity contribution is 0.0599. The van der Waals surface area contributed by atoms with Gasteiger partial charge in [-0.3, -0.25) is 9.59 Å². The third-order valence-electron chi connectivity index (χ3n) is 4.70. The molecule has 4 rings (SSSR count). The fourth-order valence-electron chi connectivity index (χ4n) is 3.41. The predicted molar refractivity (Wildman–Crippen MR) is 93.3 cm³/mol. The van der Waals surface area contributed by atoms with Gasteiger partial charge in [-0.2, -0.15) is 0 Å². The molecule has 0 aliphatic carbocycles. The molecule has 134 valence electrons. The van der Waals surface area contributed by atoms with Gasteiger partial charge in [0.1, 0.15) is 23.0 Å². The summed E-state index contributed by atoms with van der Waals surface area (Å²) in [6.07, 6.45) is 3.85. The highest BCUT2D eigenvalue weighted by Crippen LogP contribution is 2.31. The van der Waals surface area contributed by atoms with Crippen molar-refractivity contribution < 1.29 is 9.18 Å². The van der Waals surface area contributed by atoms with E-state index < -0.39 is 5.56 Å². The monoisotopic (exact) mass is 355 g/mol. The second-order valence-corrected chi connectivity index (χ2v) is 6.51. The number of nitrogens with one attached hydrogen (secondary N) is 2. The van der Waals surface area contributed by atoms with E-state index in [1.807, 2.05) is 0 Å². The zero-order valence-electron chi connectivity index (χ0n) is 14.3. The molecule has 26 heavy (non-hydrogen) atoms. The average molecular weight is 355 g/mol. The van der Waals surface area contributed by atoms with E-state index in [0.717, 1.165) is 19.3 Å². The third-order valence-corrected chi connectivity index (χ3v) is 4.70. The van der Waals surface area contributed by atoms with Crippen LogP contribution in [0.1, 0.15) is 47.3 Å². The summed E-state index contributed by atoms with van der Waals surface area (Å²) < 4.78 is 13.4. The van der Waals surface area contributed by atoms with Crippen molar-refractivity contribution >= 4 is 16.9 Å². The summed E-state index contributed by atoms with van der Waals surface area (Å²) in [7, 11) is 0. The molecular weight excluding hydrogens is 337 g/mol. The van der Waals surface area contributed by atoms with Crippen molar-refractivity contribution in [1.29, 1.82) is 0 Å². The zero-order chi connectivity index (χ0) is 18.3. The maximum atomic E-state index is 13.4. The van der Waals surface area contributed by atoms with Gasteiger partial charge in [-0.15, -0.1) is 0 Å². The molecule has 1 saturated heterocycles. The number of aryl methyl sites for hydroxylation is 1. The molecule has 1 aliphatic rings. The molecule has 1 fully saturated rings. The maximum Gasteiger partial charge on any atom is 0.263 e. The number of piperidine rings is 1. The van der Waals surface area contributed by atoms with Crippen LogP contribution in [0.15, 0.2) is 29.2 Å². The number of benzene rings is 1. The van der Waals surface area contributed by atoms with Crippen LogP contribution in [0.2, 0.25) is 0 Å². The number of carbonyl (C=O) groups is 1. The Labute approximate surface area is 148 Å². The number of likely N-dealkylation sites (tertiary alicyclic amines) is 1. The molecule has 7 nitrogen and oxygen atoms in total. The molecule has 1 amide bonds. The van der Waals surface area contributed by atoms with Gasteiger partial charge in [0.25, 0.3) is 11.5 Å². The summed E-state index contributed by atoms with van der Waals surface area (Å²) >= 11 is 0. The highest BCUT2D eigenvalue weighted by molar-refractivity contribution is 5.94. The highest BCUT2D eigenvalue weighted by atomic mass is 19.1. The number of amides is 1. The molecule has 0 saturated carbocycles. The number of fused-ring (bicyclic) bond motifs is 1. The Kier molecular flexibility index (Phi) is 4.02. The summed E-state index contributed by atoms with van der Waals surface area (Å²) in [5.41, 5.74) is 0.810. The van der Waals surface area contributed by atoms with Crippen molar-refractivity contribution in [3.05, 3.63) is 57.8 Å². The minimum Gasteiger partial charge on any atom is -0.340 e. The van der Waals surface area contributed by atoms with Crippen LogP contribution in [0.5, 0.6) is 0 Å². The van der Waals surface area contributed by atoms with E-state index in [1.54, 1.807) is 17.9 Å². The smallest absolute Gasteiger partial charge is 0.263 e. The number of nitrogens with zero attached hydrogens (tertiary/aromatic N) is 3. The molecule has 1 aromatic carbocycles. The van der Waals surface area contributed by atoms with Gasteiger partial charge in [0.15, 0.2) is 0 Å². The van der Waals surface area contributed by atoms with Gasteiger partial charge >= 0.3 is 0 Å². The first-order valence-electron chi connectivity index (χ1n) is 8.55. The van der Waals surface area contributed by atoms with Crippen molar-refractivity contribution in [1.82, 2.24) is 24.8 Å². The van der Waals surface area contributed by atoms with E-state index in [2.05, 4.69) is 19.9 Å². The van der Waals surface area contributed by atoms with Crippen molar-refractivity contribution in [3.63, 3.8) is 0 Å². The first-order chi connectivity index (χ1) is 12.5. The molecule has 0 spiro atoms. The van der Waals surface area contributed by atoms with E-state index in [0.29, 0.717) is 29.2 Å². The summed E-state index contributed by atoms with van der Waals surface area (Å²) in [6.45, 7) is 2.19. The molecule has 3 aromatic rings. The van der Waals surface area contributed by atoms with Crippen molar-refractivity contribution in [3.8, 4) is 0 Å². The Morgan fingerprint density at radius 2 is 2.15 bits per heavy atom. The first kappa shape index (κ1) is 16.4. The predicted octanol–water partition coefficient (Wildman–Crippen LogP) is 2.46. The molecule has 3 heterocycles. The SMILES string of the molecule is Cc1ncc(C(=O)N2CCCCC2c2nc3ccc(F)cc3[nH]2)c(=O)[nH]1. The van der Waals surface area contributed by atoms with Crippen LogP contribution in [-0.2, 0) is 0 Å². The highest BCUT2D eigenvalue weighted by Gasteiger charge is 2.32. The van der Waals surface area contributed by atoms with Gasteiger partial charge in [0.05, 0.1) is 17.1 Å². The van der Waals surface area contributed by atoms with E-state index in [4.69, 9.17) is 0 Å². The van der Waals surface area contributed by atoms with Crippen LogP contribution >= 0.6 is 0 Å². The van der Waals surface area contributed by atoms with Gasteiger partial charge < -0.3 is 14.9 Å². The van der Waals surface area contributed by atoms with Crippen molar-refractivity contribution in [2.24, 2.45) is 0 Å². The molecule has 1 atom stereocenters. The Balaban J connectivity index is 1.71. The number of halogens is 1. The van der Waals surface area contributed by atoms with Gasteiger partial charge in [-0.25, -0.2) is 14.4 Å². The minimum atomic E-state index is -0.446. The molecule has 1 aliphatic heterocycles. The molecule has 0 radical (unpaired) electrons. The lowest BCUT2D eigenvalue weighted by Crippen LogP contribution is -2.41. The normalized spacial score (nSPS) is 17.6. The molecular formula is C18H18FN5O2. The van der Waals surface area contributed by atoms with Gasteiger partial charge in [0, 0.05) is 12.7 Å². The van der Waals surface area contributed by atoms with Crippen LogP contribution in [0.25, 0.3) is 11.0 Å². The minimum absolute atomic E-state index is 0.0182. The number of aromatic amines is 2. The quantitative estimate of drug-likeness (QED) is 0.738. The molecule has 2 N–H and O–H groups in total. The van der Waals surface area contributed by atoms with Crippen molar-refractivity contribution in [2.45, 2.75) is 32.2 Å². The number of hydrogen-bond acceptors (Lipinski definition) is 4. The van der Waals surface area contributed by atoms with E-state index in [1.165, 1.54) is 18.3 Å². The lowest BCUT2D eigenvalue weighted by Gasteiger charge is -2.34. The van der Waals surface area contributed by atoms with E-state index in [9.17, 15) is 14.0 Å². The van der Waals surface area contributed by atoms with Gasteiger partial charge in [-0.1, -0.05) is 0 Å². The van der Waals surface area contributed by atoms with Crippen LogP contribution < -0.4 is 5.56 Å². The zero-order valence-corrected chi connectivity index (χ0v) is 14.3. The number of carbonyl (C=O) groups excluding carboxylic acids is 1. The lowest BCUT2D eigenvalue weighted by atomic mass is 10.0. The number of rotatable bonds is 2. The van der Waals surface area contributed by atoms with Crippen LogP contribution in [0.4, 0.5) is 4.39 Å². The standard InChI is InChI=1S/C18H18FN5O2/c1-10-20-9-12(17(25)21-10)18(26)24-7-3-2-4-15(24)16-22-13-6-5-11(19)8-14(13)23-16/h5-6,8-9,15H,2-4,7H2,1H3,(H,22,23)(H,20,21,25). The van der Waals surface area contributed by atoms with Crippen LogP contribution in [0, 0.1) is 12.7 Å². The third kappa shape index (κ3) is 2.87. The maximum absolute atomic E-state index is 13.4. The number of hydrogen-bond donors (Lipinski definition) is 2. The first-order valence-corrected chi connectivity index (χ1v) is 8.55. The Bertz CT molecular complexity index is 1040. The van der Waals surface area contributed by atoms with Crippen molar-refractivity contribution in [2.75, 3.05) is 6.54 Å².